The van der Waals surface area contributed by atoms with Crippen molar-refractivity contribution in [3.05, 3.63) is 23.8 Å². The third-order valence-corrected chi connectivity index (χ3v) is 3.22. The van der Waals surface area contributed by atoms with E-state index in [-0.39, 0.29) is 0 Å². The van der Waals surface area contributed by atoms with E-state index < -0.39 is 0 Å². The van der Waals surface area contributed by atoms with Crippen LogP contribution in [0.1, 0.15) is 30.7 Å². The molecule has 1 aliphatic rings. The molecule has 0 spiro atoms. The van der Waals surface area contributed by atoms with E-state index in [1.807, 2.05) is 11.7 Å². The summed E-state index contributed by atoms with van der Waals surface area (Å²) < 4.78 is 1.84. The first-order valence-corrected chi connectivity index (χ1v) is 5.14. The zero-order valence-electron chi connectivity index (χ0n) is 8.27. The van der Waals surface area contributed by atoms with E-state index in [2.05, 4.69) is 28.5 Å². The second-order valence-corrected chi connectivity index (χ2v) is 4.06. The smallest absolute Gasteiger partial charge is 0.116 e. The maximum Gasteiger partial charge on any atom is 0.116 e. The molecule has 1 heterocycles. The molecular weight excluding hydrogens is 174 g/mol. The molecule has 1 fully saturated rings. The SMILES string of the molecule is Cn1nnc2c(C3CCC3)cccc21. The zero-order valence-corrected chi connectivity index (χ0v) is 8.27. The highest BCUT2D eigenvalue weighted by molar-refractivity contribution is 5.78. The Morgan fingerprint density at radius 1 is 1.36 bits per heavy atom. The van der Waals surface area contributed by atoms with Crippen LogP contribution in [0.25, 0.3) is 11.0 Å². The van der Waals surface area contributed by atoms with Crippen molar-refractivity contribution in [2.24, 2.45) is 7.05 Å². The maximum atomic E-state index is 4.23. The van der Waals surface area contributed by atoms with Gasteiger partial charge in [-0.15, -0.1) is 5.10 Å². The number of hydrogen-bond acceptors (Lipinski definition) is 2. The van der Waals surface area contributed by atoms with Crippen LogP contribution in [0.15, 0.2) is 18.2 Å². The summed E-state index contributed by atoms with van der Waals surface area (Å²) in [5, 5.41) is 8.30. The van der Waals surface area contributed by atoms with Gasteiger partial charge in [-0.25, -0.2) is 4.68 Å². The van der Waals surface area contributed by atoms with Gasteiger partial charge in [0.05, 0.1) is 5.52 Å². The largest absolute Gasteiger partial charge is 0.248 e. The van der Waals surface area contributed by atoms with Crippen LogP contribution in [0.2, 0.25) is 0 Å². The molecule has 3 rings (SSSR count). The molecule has 3 heteroatoms. The second-order valence-electron chi connectivity index (χ2n) is 4.06. The van der Waals surface area contributed by atoms with E-state index in [1.54, 1.807) is 0 Å². The van der Waals surface area contributed by atoms with Gasteiger partial charge in [0.1, 0.15) is 5.52 Å². The van der Waals surface area contributed by atoms with Gasteiger partial charge in [-0.3, -0.25) is 0 Å². The molecule has 1 saturated carbocycles. The van der Waals surface area contributed by atoms with Crippen LogP contribution in [0.4, 0.5) is 0 Å². The second kappa shape index (κ2) is 2.80. The van der Waals surface area contributed by atoms with Gasteiger partial charge in [0.2, 0.25) is 0 Å². The molecule has 1 aromatic heterocycles. The van der Waals surface area contributed by atoms with Gasteiger partial charge < -0.3 is 0 Å². The fourth-order valence-electron chi connectivity index (χ4n) is 2.13. The molecule has 3 nitrogen and oxygen atoms in total. The highest BCUT2D eigenvalue weighted by Gasteiger charge is 2.22. The van der Waals surface area contributed by atoms with Crippen molar-refractivity contribution in [1.82, 2.24) is 15.0 Å². The molecule has 0 atom stereocenters. The first-order chi connectivity index (χ1) is 6.86. The lowest BCUT2D eigenvalue weighted by Gasteiger charge is -2.25. The van der Waals surface area contributed by atoms with Crippen LogP contribution in [0, 0.1) is 0 Å². The molecule has 1 aromatic carbocycles. The van der Waals surface area contributed by atoms with Gasteiger partial charge in [-0.05, 0) is 30.4 Å². The third-order valence-electron chi connectivity index (χ3n) is 3.22. The molecule has 1 aliphatic carbocycles. The third kappa shape index (κ3) is 0.983. The summed E-state index contributed by atoms with van der Waals surface area (Å²) in [5.41, 5.74) is 3.64. The Labute approximate surface area is 82.7 Å². The predicted octanol–water partition coefficient (Wildman–Crippen LogP) is 2.24. The van der Waals surface area contributed by atoms with Gasteiger partial charge in [-0.2, -0.15) is 0 Å². The minimum absolute atomic E-state index is 0.732. The van der Waals surface area contributed by atoms with Crippen molar-refractivity contribution in [3.63, 3.8) is 0 Å². The lowest BCUT2D eigenvalue weighted by molar-refractivity contribution is 0.422. The molecule has 0 radical (unpaired) electrons. The minimum Gasteiger partial charge on any atom is -0.248 e. The summed E-state index contributed by atoms with van der Waals surface area (Å²) >= 11 is 0. The van der Waals surface area contributed by atoms with Gasteiger partial charge in [0.25, 0.3) is 0 Å². The number of nitrogens with zero attached hydrogens (tertiary/aromatic N) is 3. The van der Waals surface area contributed by atoms with E-state index >= 15 is 0 Å². The normalized spacial score (nSPS) is 17.2. The molecule has 14 heavy (non-hydrogen) atoms. The molecule has 0 saturated heterocycles. The predicted molar refractivity (Wildman–Crippen MR) is 55.1 cm³/mol. The van der Waals surface area contributed by atoms with Gasteiger partial charge in [-0.1, -0.05) is 23.8 Å². The van der Waals surface area contributed by atoms with Gasteiger partial charge >= 0.3 is 0 Å². The molecule has 0 aliphatic heterocycles. The standard InChI is InChI=1S/C11H13N3/c1-14-10-7-3-6-9(8-4-2-5-8)11(10)12-13-14/h3,6-8H,2,4-5H2,1H3. The summed E-state index contributed by atoms with van der Waals surface area (Å²) in [4.78, 5) is 0. The Morgan fingerprint density at radius 2 is 2.21 bits per heavy atom. The lowest BCUT2D eigenvalue weighted by atomic mass is 9.79. The molecule has 2 aromatic rings. The van der Waals surface area contributed by atoms with E-state index in [9.17, 15) is 0 Å². The average molecular weight is 187 g/mol. The van der Waals surface area contributed by atoms with Crippen molar-refractivity contribution in [2.45, 2.75) is 25.2 Å². The minimum atomic E-state index is 0.732. The molecule has 0 bridgehead atoms. The molecule has 0 N–H and O–H groups in total. The summed E-state index contributed by atoms with van der Waals surface area (Å²) in [7, 11) is 1.94. The number of fused-ring (bicyclic) bond motifs is 1. The maximum absolute atomic E-state index is 4.23. The van der Waals surface area contributed by atoms with Crippen LogP contribution >= 0.6 is 0 Å². The monoisotopic (exact) mass is 187 g/mol. The van der Waals surface area contributed by atoms with Crippen molar-refractivity contribution in [3.8, 4) is 0 Å². The van der Waals surface area contributed by atoms with Crippen LogP contribution in [-0.4, -0.2) is 15.0 Å². The van der Waals surface area contributed by atoms with Crippen molar-refractivity contribution < 1.29 is 0 Å². The number of benzene rings is 1. The number of rotatable bonds is 1. The molecule has 72 valence electrons. The van der Waals surface area contributed by atoms with Crippen LogP contribution in [0.3, 0.4) is 0 Å². The number of hydrogen-bond donors (Lipinski definition) is 0. The fourth-order valence-corrected chi connectivity index (χ4v) is 2.13. The van der Waals surface area contributed by atoms with E-state index in [1.165, 1.54) is 24.8 Å². The molecular formula is C11H13N3. The van der Waals surface area contributed by atoms with E-state index in [4.69, 9.17) is 0 Å². The highest BCUT2D eigenvalue weighted by Crippen LogP contribution is 2.38. The van der Waals surface area contributed by atoms with Gasteiger partial charge in [0, 0.05) is 7.05 Å². The van der Waals surface area contributed by atoms with Crippen molar-refractivity contribution in [2.75, 3.05) is 0 Å². The Kier molecular flexibility index (Phi) is 1.60. The number of aryl methyl sites for hydroxylation is 1. The molecule has 0 unspecified atom stereocenters. The Bertz CT molecular complexity index is 468. The summed E-state index contributed by atoms with van der Waals surface area (Å²) in [6, 6.07) is 6.39. The van der Waals surface area contributed by atoms with Crippen LogP contribution in [0.5, 0.6) is 0 Å². The quantitative estimate of drug-likeness (QED) is 0.685. The first kappa shape index (κ1) is 7.97. The topological polar surface area (TPSA) is 30.7 Å². The first-order valence-electron chi connectivity index (χ1n) is 5.14. The van der Waals surface area contributed by atoms with Crippen LogP contribution < -0.4 is 0 Å². The van der Waals surface area contributed by atoms with E-state index in [0.717, 1.165) is 17.0 Å². The van der Waals surface area contributed by atoms with Crippen LogP contribution in [-0.2, 0) is 7.05 Å². The molecule has 0 amide bonds. The average Bonchev–Trinajstić information content (AvgIpc) is 2.47. The van der Waals surface area contributed by atoms with Crippen molar-refractivity contribution in [1.29, 1.82) is 0 Å². The highest BCUT2D eigenvalue weighted by atomic mass is 15.4. The summed E-state index contributed by atoms with van der Waals surface area (Å²) in [6.45, 7) is 0. The van der Waals surface area contributed by atoms with Crippen molar-refractivity contribution >= 4 is 11.0 Å². The van der Waals surface area contributed by atoms with E-state index in [0.29, 0.717) is 0 Å². The number of aromatic nitrogens is 3. The van der Waals surface area contributed by atoms with Gasteiger partial charge in [0.15, 0.2) is 0 Å². The fraction of sp³-hybridized carbons (Fsp3) is 0.455. The summed E-state index contributed by atoms with van der Waals surface area (Å²) in [5.74, 6) is 0.732. The zero-order chi connectivity index (χ0) is 9.54. The lowest BCUT2D eigenvalue weighted by Crippen LogP contribution is -2.09. The Morgan fingerprint density at radius 3 is 2.93 bits per heavy atom. The summed E-state index contributed by atoms with van der Waals surface area (Å²) in [6.07, 6.45) is 3.99. The Hall–Kier alpha value is -1.38. The Balaban J connectivity index is 2.22.